The second kappa shape index (κ2) is 10.9. The van der Waals surface area contributed by atoms with E-state index >= 15 is 0 Å². The number of rotatable bonds is 8. The maximum absolute atomic E-state index is 13.3. The summed E-state index contributed by atoms with van der Waals surface area (Å²) in [6.07, 6.45) is 1.52. The fourth-order valence-corrected chi connectivity index (χ4v) is 4.31. The zero-order valence-electron chi connectivity index (χ0n) is 19.5. The van der Waals surface area contributed by atoms with E-state index in [1.807, 2.05) is 43.3 Å². The number of para-hydroxylation sites is 2. The van der Waals surface area contributed by atoms with Gasteiger partial charge < -0.3 is 9.47 Å². The normalized spacial score (nSPS) is 11.1. The van der Waals surface area contributed by atoms with E-state index in [1.54, 1.807) is 49.1 Å². The van der Waals surface area contributed by atoms with Crippen LogP contribution in [0.3, 0.4) is 0 Å². The van der Waals surface area contributed by atoms with Gasteiger partial charge in [0.2, 0.25) is 0 Å². The molecule has 8 nitrogen and oxygen atoms in total. The number of hydrazone groups is 1. The van der Waals surface area contributed by atoms with E-state index in [9.17, 15) is 9.59 Å². The van der Waals surface area contributed by atoms with Crippen LogP contribution in [0.2, 0.25) is 0 Å². The van der Waals surface area contributed by atoms with Crippen LogP contribution in [0, 0.1) is 6.92 Å². The minimum absolute atomic E-state index is 0.0277. The molecule has 0 fully saturated rings. The Balaban J connectivity index is 1.53. The lowest BCUT2D eigenvalue weighted by molar-refractivity contribution is -0.118. The molecule has 1 amide bonds. The van der Waals surface area contributed by atoms with Crippen molar-refractivity contribution >= 4 is 34.8 Å². The zero-order valence-corrected chi connectivity index (χ0v) is 20.3. The number of carbonyl (C=O) groups excluding carboxylic acids is 1. The average Bonchev–Trinajstić information content (AvgIpc) is 2.88. The maximum atomic E-state index is 13.3. The number of nitrogens with one attached hydrogen (secondary N) is 1. The van der Waals surface area contributed by atoms with Crippen LogP contribution in [0.15, 0.2) is 81.8 Å². The minimum Gasteiger partial charge on any atom is -0.493 e. The fourth-order valence-electron chi connectivity index (χ4n) is 3.51. The van der Waals surface area contributed by atoms with Gasteiger partial charge >= 0.3 is 0 Å². The number of methoxy groups -OCH3 is 2. The maximum Gasteiger partial charge on any atom is 0.266 e. The number of thioether (sulfide) groups is 1. The molecule has 0 aliphatic carbocycles. The molecule has 178 valence electrons. The highest BCUT2D eigenvalue weighted by atomic mass is 32.2. The third kappa shape index (κ3) is 5.36. The number of benzene rings is 3. The first-order chi connectivity index (χ1) is 17.0. The molecule has 0 saturated carbocycles. The lowest BCUT2D eigenvalue weighted by atomic mass is 10.2. The van der Waals surface area contributed by atoms with Crippen LogP contribution in [0.1, 0.15) is 11.1 Å². The second-order valence-electron chi connectivity index (χ2n) is 7.53. The van der Waals surface area contributed by atoms with Crippen molar-refractivity contribution in [3.8, 4) is 17.2 Å². The Morgan fingerprint density at radius 1 is 1.06 bits per heavy atom. The molecule has 0 aliphatic rings. The van der Waals surface area contributed by atoms with Gasteiger partial charge in [0.15, 0.2) is 16.7 Å². The van der Waals surface area contributed by atoms with Crippen molar-refractivity contribution in [1.29, 1.82) is 0 Å². The van der Waals surface area contributed by atoms with Crippen molar-refractivity contribution < 1.29 is 14.3 Å². The van der Waals surface area contributed by atoms with E-state index in [0.29, 0.717) is 27.6 Å². The summed E-state index contributed by atoms with van der Waals surface area (Å²) in [5.41, 5.74) is 5.30. The quantitative estimate of drug-likeness (QED) is 0.175. The lowest BCUT2D eigenvalue weighted by Gasteiger charge is -2.14. The van der Waals surface area contributed by atoms with Crippen LogP contribution < -0.4 is 20.5 Å². The number of nitrogens with zero attached hydrogens (tertiary/aromatic N) is 3. The summed E-state index contributed by atoms with van der Waals surface area (Å²) in [7, 11) is 3.11. The predicted molar refractivity (Wildman–Crippen MR) is 138 cm³/mol. The molecule has 35 heavy (non-hydrogen) atoms. The monoisotopic (exact) mass is 488 g/mol. The number of aryl methyl sites for hydroxylation is 1. The molecule has 0 unspecified atom stereocenters. The van der Waals surface area contributed by atoms with Crippen molar-refractivity contribution in [3.05, 3.63) is 88.2 Å². The number of hydrogen-bond donors (Lipinski definition) is 1. The van der Waals surface area contributed by atoms with Crippen LogP contribution >= 0.6 is 11.8 Å². The largest absolute Gasteiger partial charge is 0.493 e. The summed E-state index contributed by atoms with van der Waals surface area (Å²) in [4.78, 5) is 30.5. The van der Waals surface area contributed by atoms with Gasteiger partial charge in [-0.3, -0.25) is 14.2 Å². The van der Waals surface area contributed by atoms with Gasteiger partial charge in [-0.05, 0) is 54.4 Å². The Labute approximate surface area is 206 Å². The first-order valence-electron chi connectivity index (χ1n) is 10.8. The Kier molecular flexibility index (Phi) is 7.47. The Morgan fingerprint density at radius 3 is 2.57 bits per heavy atom. The second-order valence-corrected chi connectivity index (χ2v) is 8.48. The highest BCUT2D eigenvalue weighted by Gasteiger charge is 2.15. The van der Waals surface area contributed by atoms with Gasteiger partial charge in [-0.2, -0.15) is 5.10 Å². The van der Waals surface area contributed by atoms with Gasteiger partial charge in [0.05, 0.1) is 42.8 Å². The van der Waals surface area contributed by atoms with Crippen LogP contribution in [0.4, 0.5) is 0 Å². The first kappa shape index (κ1) is 24.0. The van der Waals surface area contributed by atoms with Crippen molar-refractivity contribution in [2.45, 2.75) is 12.1 Å². The Bertz CT molecular complexity index is 1470. The number of carbonyl (C=O) groups is 1. The molecular weight excluding hydrogens is 464 g/mol. The number of amides is 1. The highest BCUT2D eigenvalue weighted by molar-refractivity contribution is 7.99. The number of fused-ring (bicyclic) bond motifs is 1. The molecule has 1 heterocycles. The summed E-state index contributed by atoms with van der Waals surface area (Å²) in [6.45, 7) is 1.93. The number of hydrogen-bond acceptors (Lipinski definition) is 7. The topological polar surface area (TPSA) is 94.8 Å². The van der Waals surface area contributed by atoms with Crippen LogP contribution in [0.25, 0.3) is 16.6 Å². The zero-order chi connectivity index (χ0) is 24.8. The lowest BCUT2D eigenvalue weighted by Crippen LogP contribution is -2.24. The van der Waals surface area contributed by atoms with E-state index in [2.05, 4.69) is 15.5 Å². The van der Waals surface area contributed by atoms with E-state index in [-0.39, 0.29) is 17.2 Å². The molecule has 3 aromatic carbocycles. The van der Waals surface area contributed by atoms with E-state index in [0.717, 1.165) is 16.8 Å². The van der Waals surface area contributed by atoms with Crippen LogP contribution in [-0.4, -0.2) is 41.6 Å². The molecule has 0 aliphatic heterocycles. The Morgan fingerprint density at radius 2 is 1.80 bits per heavy atom. The van der Waals surface area contributed by atoms with Gasteiger partial charge in [0.25, 0.3) is 11.5 Å². The highest BCUT2D eigenvalue weighted by Crippen LogP contribution is 2.27. The van der Waals surface area contributed by atoms with Crippen molar-refractivity contribution in [3.63, 3.8) is 0 Å². The molecule has 0 atom stereocenters. The molecule has 0 saturated heterocycles. The molecule has 1 aromatic heterocycles. The van der Waals surface area contributed by atoms with Crippen molar-refractivity contribution in [1.82, 2.24) is 15.0 Å². The molecule has 1 N–H and O–H groups in total. The number of ether oxygens (including phenoxy) is 2. The standard InChI is InChI=1S/C26H24N4O4S/c1-17-8-4-7-11-21(17)30-25(32)19-9-5-6-10-20(19)28-26(30)35-16-24(31)29-27-15-18-12-13-22(33-2)23(14-18)34-3/h4-15H,16H2,1-3H3,(H,29,31)/b27-15-. The van der Waals surface area contributed by atoms with Crippen LogP contribution in [-0.2, 0) is 4.79 Å². The first-order valence-corrected chi connectivity index (χ1v) is 11.7. The van der Waals surface area contributed by atoms with Gasteiger partial charge in [-0.1, -0.05) is 42.1 Å². The van der Waals surface area contributed by atoms with Crippen molar-refractivity contribution in [2.75, 3.05) is 20.0 Å². The van der Waals surface area contributed by atoms with E-state index in [1.165, 1.54) is 18.0 Å². The molecule has 0 spiro atoms. The SMILES string of the molecule is COc1ccc(/C=N\NC(=O)CSc2nc3ccccc3c(=O)n2-c2ccccc2C)cc1OC. The van der Waals surface area contributed by atoms with Gasteiger partial charge in [-0.15, -0.1) is 0 Å². The summed E-state index contributed by atoms with van der Waals surface area (Å²) in [5.74, 6) is 0.868. The molecule has 4 rings (SSSR count). The fraction of sp³-hybridized carbons (Fsp3) is 0.154. The van der Waals surface area contributed by atoms with E-state index in [4.69, 9.17) is 9.47 Å². The number of aromatic nitrogens is 2. The predicted octanol–water partition coefficient (Wildman–Crippen LogP) is 3.95. The summed E-state index contributed by atoms with van der Waals surface area (Å²) in [6, 6.07) is 20.1. The Hall–Kier alpha value is -4.11. The molecular formula is C26H24N4O4S. The summed E-state index contributed by atoms with van der Waals surface area (Å²) < 4.78 is 12.1. The van der Waals surface area contributed by atoms with Crippen molar-refractivity contribution in [2.24, 2.45) is 5.10 Å². The van der Waals surface area contributed by atoms with Gasteiger partial charge in [0.1, 0.15) is 0 Å². The summed E-state index contributed by atoms with van der Waals surface area (Å²) >= 11 is 1.17. The van der Waals surface area contributed by atoms with Crippen LogP contribution in [0.5, 0.6) is 11.5 Å². The molecule has 9 heteroatoms. The van der Waals surface area contributed by atoms with E-state index < -0.39 is 0 Å². The third-order valence-electron chi connectivity index (χ3n) is 5.24. The van der Waals surface area contributed by atoms with Gasteiger partial charge in [0, 0.05) is 0 Å². The third-order valence-corrected chi connectivity index (χ3v) is 6.18. The smallest absolute Gasteiger partial charge is 0.266 e. The molecule has 4 aromatic rings. The summed E-state index contributed by atoms with van der Waals surface area (Å²) in [5, 5.41) is 4.97. The average molecular weight is 489 g/mol. The van der Waals surface area contributed by atoms with Gasteiger partial charge in [-0.25, -0.2) is 10.4 Å². The molecule has 0 bridgehead atoms. The molecule has 0 radical (unpaired) electrons. The minimum atomic E-state index is -0.328.